The normalized spacial score (nSPS) is 12.9. The number of urea groups is 1. The summed E-state index contributed by atoms with van der Waals surface area (Å²) in [6.07, 6.45) is 1.05. The summed E-state index contributed by atoms with van der Waals surface area (Å²) < 4.78 is 12.8. The molecule has 0 saturated carbocycles. The molecule has 0 saturated heterocycles. The van der Waals surface area contributed by atoms with Crippen LogP contribution in [0.3, 0.4) is 0 Å². The summed E-state index contributed by atoms with van der Waals surface area (Å²) in [5.41, 5.74) is 3.19. The first kappa shape index (κ1) is 14.4. The number of carbonyl (C=O) groups excluding carboxylic acids is 1. The minimum atomic E-state index is -0.321. The smallest absolute Gasteiger partial charge is 0.319 e. The molecule has 2 aromatic rings. The van der Waals surface area contributed by atoms with Crippen LogP contribution >= 0.6 is 0 Å². The van der Waals surface area contributed by atoms with Gasteiger partial charge in [0.15, 0.2) is 0 Å². The maximum absolute atomic E-state index is 12.8. The fraction of sp³-hybridized carbons (Fsp3) is 0.235. The van der Waals surface area contributed by atoms with Gasteiger partial charge in [-0.05, 0) is 42.3 Å². The molecule has 1 aliphatic rings. The molecule has 0 fully saturated rings. The fourth-order valence-corrected chi connectivity index (χ4v) is 2.65. The van der Waals surface area contributed by atoms with Gasteiger partial charge in [-0.2, -0.15) is 0 Å². The molecule has 1 heterocycles. The highest BCUT2D eigenvalue weighted by molar-refractivity contribution is 5.89. The number of para-hydroxylation sites is 1. The maximum Gasteiger partial charge on any atom is 0.319 e. The molecule has 3 rings (SSSR count). The van der Waals surface area contributed by atoms with Gasteiger partial charge in [0.2, 0.25) is 0 Å². The second-order valence-corrected chi connectivity index (χ2v) is 5.25. The van der Waals surface area contributed by atoms with Crippen LogP contribution in [0.5, 0.6) is 0 Å². The Morgan fingerprint density at radius 3 is 2.73 bits per heavy atom. The summed E-state index contributed by atoms with van der Waals surface area (Å²) in [5.74, 6) is -0.321. The van der Waals surface area contributed by atoms with Gasteiger partial charge in [0, 0.05) is 31.0 Å². The molecule has 0 aliphatic carbocycles. The second kappa shape index (κ2) is 6.47. The number of fused-ring (bicyclic) bond motifs is 1. The summed E-state index contributed by atoms with van der Waals surface area (Å²) >= 11 is 0. The van der Waals surface area contributed by atoms with Crippen molar-refractivity contribution < 1.29 is 9.18 Å². The van der Waals surface area contributed by atoms with Gasteiger partial charge in [0.1, 0.15) is 5.82 Å². The van der Waals surface area contributed by atoms with Gasteiger partial charge in [0.25, 0.3) is 0 Å². The first-order valence-electron chi connectivity index (χ1n) is 7.35. The van der Waals surface area contributed by atoms with Crippen LogP contribution in [0.4, 0.5) is 20.6 Å². The molecule has 2 aromatic carbocycles. The molecule has 22 heavy (non-hydrogen) atoms. The number of anilines is 2. The van der Waals surface area contributed by atoms with Crippen LogP contribution in [0, 0.1) is 5.82 Å². The number of hydrogen-bond donors (Lipinski definition) is 2. The summed E-state index contributed by atoms with van der Waals surface area (Å²) in [5, 5.41) is 5.50. The van der Waals surface area contributed by atoms with Crippen molar-refractivity contribution >= 4 is 17.4 Å². The molecule has 0 spiro atoms. The first-order chi connectivity index (χ1) is 10.7. The molecule has 114 valence electrons. The van der Waals surface area contributed by atoms with E-state index in [0.29, 0.717) is 12.2 Å². The molecule has 0 unspecified atom stereocenters. The Morgan fingerprint density at radius 1 is 1.14 bits per heavy atom. The van der Waals surface area contributed by atoms with Crippen LogP contribution in [0.25, 0.3) is 0 Å². The zero-order valence-corrected chi connectivity index (χ0v) is 12.2. The monoisotopic (exact) mass is 299 g/mol. The number of benzene rings is 2. The highest BCUT2D eigenvalue weighted by Crippen LogP contribution is 2.26. The van der Waals surface area contributed by atoms with E-state index >= 15 is 0 Å². The van der Waals surface area contributed by atoms with E-state index in [4.69, 9.17) is 0 Å². The van der Waals surface area contributed by atoms with Crippen molar-refractivity contribution in [3.63, 3.8) is 0 Å². The summed E-state index contributed by atoms with van der Waals surface area (Å²) in [6.45, 7) is 2.32. The Morgan fingerprint density at radius 2 is 1.91 bits per heavy atom. The third kappa shape index (κ3) is 3.36. The largest absolute Gasteiger partial charge is 0.369 e. The Bertz CT molecular complexity index is 657. The van der Waals surface area contributed by atoms with Gasteiger partial charge in [-0.25, -0.2) is 9.18 Å². The Labute approximate surface area is 128 Å². The zero-order valence-electron chi connectivity index (χ0n) is 12.2. The number of hydrogen-bond acceptors (Lipinski definition) is 2. The van der Waals surface area contributed by atoms with E-state index in [1.165, 1.54) is 35.5 Å². The number of nitrogens with zero attached hydrogens (tertiary/aromatic N) is 1. The Hall–Kier alpha value is -2.56. The minimum absolute atomic E-state index is 0.279. The molecular weight excluding hydrogens is 281 g/mol. The van der Waals surface area contributed by atoms with E-state index in [1.807, 2.05) is 6.07 Å². The van der Waals surface area contributed by atoms with E-state index in [-0.39, 0.29) is 11.8 Å². The minimum Gasteiger partial charge on any atom is -0.369 e. The highest BCUT2D eigenvalue weighted by Gasteiger charge is 2.17. The molecule has 0 atom stereocenters. The number of carbonyl (C=O) groups is 1. The van der Waals surface area contributed by atoms with Crippen LogP contribution in [0.2, 0.25) is 0 Å². The lowest BCUT2D eigenvalue weighted by Gasteiger charge is -2.19. The lowest BCUT2D eigenvalue weighted by Crippen LogP contribution is -2.36. The van der Waals surface area contributed by atoms with Gasteiger partial charge in [-0.3, -0.25) is 0 Å². The molecular formula is C17H18FN3O. The topological polar surface area (TPSA) is 44.4 Å². The third-order valence-electron chi connectivity index (χ3n) is 3.75. The maximum atomic E-state index is 12.8. The van der Waals surface area contributed by atoms with Gasteiger partial charge in [0.05, 0.1) is 0 Å². The van der Waals surface area contributed by atoms with E-state index in [2.05, 4.69) is 33.7 Å². The van der Waals surface area contributed by atoms with Gasteiger partial charge in [-0.1, -0.05) is 18.2 Å². The van der Waals surface area contributed by atoms with E-state index in [9.17, 15) is 9.18 Å². The number of halogens is 1. The van der Waals surface area contributed by atoms with E-state index < -0.39 is 0 Å². The van der Waals surface area contributed by atoms with Crippen molar-refractivity contribution in [3.05, 3.63) is 59.9 Å². The van der Waals surface area contributed by atoms with Crippen LogP contribution < -0.4 is 15.5 Å². The average Bonchev–Trinajstić information content (AvgIpc) is 2.93. The first-order valence-corrected chi connectivity index (χ1v) is 7.35. The summed E-state index contributed by atoms with van der Waals surface area (Å²) in [4.78, 5) is 14.1. The predicted molar refractivity (Wildman–Crippen MR) is 85.8 cm³/mol. The number of rotatable bonds is 4. The summed E-state index contributed by atoms with van der Waals surface area (Å²) in [7, 11) is 0. The zero-order chi connectivity index (χ0) is 15.4. The molecule has 2 amide bonds. The Balaban J connectivity index is 1.45. The highest BCUT2D eigenvalue weighted by atomic mass is 19.1. The number of nitrogens with one attached hydrogen (secondary N) is 2. The lowest BCUT2D eigenvalue weighted by molar-refractivity contribution is 0.252. The fourth-order valence-electron chi connectivity index (χ4n) is 2.65. The average molecular weight is 299 g/mol. The van der Waals surface area contributed by atoms with Crippen LogP contribution in [0.15, 0.2) is 48.5 Å². The van der Waals surface area contributed by atoms with Crippen molar-refractivity contribution in [3.8, 4) is 0 Å². The molecule has 2 N–H and O–H groups in total. The van der Waals surface area contributed by atoms with Crippen LogP contribution in [0.1, 0.15) is 5.56 Å². The standard InChI is InChI=1S/C17H18FN3O/c18-14-5-7-15(8-6-14)20-17(22)19-10-12-21-11-9-13-3-1-2-4-16(13)21/h1-8H,9-12H2,(H2,19,20,22). The van der Waals surface area contributed by atoms with Crippen molar-refractivity contribution in [2.45, 2.75) is 6.42 Å². The molecule has 1 aliphatic heterocycles. The van der Waals surface area contributed by atoms with E-state index in [1.54, 1.807) is 0 Å². The van der Waals surface area contributed by atoms with Crippen LogP contribution in [-0.4, -0.2) is 25.7 Å². The second-order valence-electron chi connectivity index (χ2n) is 5.25. The van der Waals surface area contributed by atoms with Crippen molar-refractivity contribution in [1.29, 1.82) is 0 Å². The molecule has 4 nitrogen and oxygen atoms in total. The lowest BCUT2D eigenvalue weighted by atomic mass is 10.2. The van der Waals surface area contributed by atoms with Gasteiger partial charge >= 0.3 is 6.03 Å². The SMILES string of the molecule is O=C(NCCN1CCc2ccccc21)Nc1ccc(F)cc1. The quantitative estimate of drug-likeness (QED) is 0.911. The third-order valence-corrected chi connectivity index (χ3v) is 3.75. The predicted octanol–water partition coefficient (Wildman–Crippen LogP) is 3.01. The van der Waals surface area contributed by atoms with Gasteiger partial charge < -0.3 is 15.5 Å². The van der Waals surface area contributed by atoms with Crippen LogP contribution in [-0.2, 0) is 6.42 Å². The van der Waals surface area contributed by atoms with E-state index in [0.717, 1.165) is 19.5 Å². The van der Waals surface area contributed by atoms with Crippen molar-refractivity contribution in [2.75, 3.05) is 29.9 Å². The molecule has 0 bridgehead atoms. The van der Waals surface area contributed by atoms with Gasteiger partial charge in [-0.15, -0.1) is 0 Å². The molecule has 5 heteroatoms. The van der Waals surface area contributed by atoms with Crippen molar-refractivity contribution in [2.24, 2.45) is 0 Å². The summed E-state index contributed by atoms with van der Waals surface area (Å²) in [6, 6.07) is 13.8. The Kier molecular flexibility index (Phi) is 4.23. The molecule has 0 radical (unpaired) electrons. The molecule has 0 aromatic heterocycles. The van der Waals surface area contributed by atoms with Crippen molar-refractivity contribution in [1.82, 2.24) is 5.32 Å². The number of amides is 2.